The van der Waals surface area contributed by atoms with E-state index < -0.39 is 15.8 Å². The Morgan fingerprint density at radius 1 is 0.750 bits per heavy atom. The molecule has 4 aromatic carbocycles. The van der Waals surface area contributed by atoms with E-state index >= 15 is 0 Å². The van der Waals surface area contributed by atoms with Crippen LogP contribution in [0.4, 0.5) is 10.1 Å². The number of benzene rings is 4. The van der Waals surface area contributed by atoms with Crippen LogP contribution >= 0.6 is 0 Å². The monoisotopic (exact) mass is 504 g/mol. The molecular weight excluding hydrogens is 479 g/mol. The number of hydrogen-bond donors (Lipinski definition) is 1. The van der Waals surface area contributed by atoms with Crippen molar-refractivity contribution in [3.63, 3.8) is 0 Å². The average Bonchev–Trinajstić information content (AvgIpc) is 2.89. The second kappa shape index (κ2) is 11.5. The lowest BCUT2D eigenvalue weighted by molar-refractivity contribution is -0.134. The van der Waals surface area contributed by atoms with E-state index in [0.717, 1.165) is 11.1 Å². The first-order chi connectivity index (χ1) is 17.4. The standard InChI is InChI=1S/C28H25FN2O4S/c29-24-11-13-25(14-12-24)30-36(33,34)27-17-15-26(16-18-27)35-21-28(32)31(19-22-7-3-1-4-8-22)20-23-9-5-2-6-10-23/h1-18,30H,19-21H2. The van der Waals surface area contributed by atoms with E-state index in [0.29, 0.717) is 18.8 Å². The van der Waals surface area contributed by atoms with E-state index in [9.17, 15) is 17.6 Å². The minimum atomic E-state index is -3.86. The highest BCUT2D eigenvalue weighted by Crippen LogP contribution is 2.20. The van der Waals surface area contributed by atoms with Crippen LogP contribution in [-0.4, -0.2) is 25.8 Å². The Labute approximate surface area is 210 Å². The lowest BCUT2D eigenvalue weighted by Gasteiger charge is -2.23. The van der Waals surface area contributed by atoms with Crippen molar-refractivity contribution in [2.45, 2.75) is 18.0 Å². The molecule has 0 saturated heterocycles. The van der Waals surface area contributed by atoms with Crippen LogP contribution in [0.5, 0.6) is 5.75 Å². The van der Waals surface area contributed by atoms with Crippen molar-refractivity contribution in [3.8, 4) is 5.75 Å². The number of nitrogens with zero attached hydrogens (tertiary/aromatic N) is 1. The molecule has 184 valence electrons. The summed E-state index contributed by atoms with van der Waals surface area (Å²) in [5, 5.41) is 0. The minimum absolute atomic E-state index is 0.0142. The summed E-state index contributed by atoms with van der Waals surface area (Å²) < 4.78 is 46.3. The first-order valence-corrected chi connectivity index (χ1v) is 12.7. The van der Waals surface area contributed by atoms with Crippen LogP contribution < -0.4 is 9.46 Å². The molecular formula is C28H25FN2O4S. The third kappa shape index (κ3) is 6.93. The molecule has 0 fully saturated rings. The number of anilines is 1. The molecule has 0 bridgehead atoms. The summed E-state index contributed by atoms with van der Waals surface area (Å²) in [5.41, 5.74) is 2.26. The van der Waals surface area contributed by atoms with Crippen LogP contribution in [0, 0.1) is 5.82 Å². The van der Waals surface area contributed by atoms with Gasteiger partial charge in [0.2, 0.25) is 0 Å². The largest absolute Gasteiger partial charge is 0.484 e. The van der Waals surface area contributed by atoms with Gasteiger partial charge in [-0.1, -0.05) is 60.7 Å². The van der Waals surface area contributed by atoms with Crippen LogP contribution in [0.2, 0.25) is 0 Å². The van der Waals surface area contributed by atoms with E-state index in [4.69, 9.17) is 4.74 Å². The van der Waals surface area contributed by atoms with E-state index in [2.05, 4.69) is 4.72 Å². The number of nitrogens with one attached hydrogen (secondary N) is 1. The average molecular weight is 505 g/mol. The highest BCUT2D eigenvalue weighted by Gasteiger charge is 2.17. The molecule has 0 spiro atoms. The topological polar surface area (TPSA) is 75.7 Å². The van der Waals surface area contributed by atoms with E-state index in [1.807, 2.05) is 60.7 Å². The summed E-state index contributed by atoms with van der Waals surface area (Å²) in [6.45, 7) is 0.675. The Balaban J connectivity index is 1.40. The highest BCUT2D eigenvalue weighted by atomic mass is 32.2. The van der Waals surface area contributed by atoms with Crippen LogP contribution in [0.15, 0.2) is 114 Å². The molecule has 0 heterocycles. The lowest BCUT2D eigenvalue weighted by atomic mass is 10.1. The molecule has 1 N–H and O–H groups in total. The van der Waals surface area contributed by atoms with Crippen LogP contribution in [0.3, 0.4) is 0 Å². The van der Waals surface area contributed by atoms with Gasteiger partial charge in [0.15, 0.2) is 6.61 Å². The smallest absolute Gasteiger partial charge is 0.261 e. The molecule has 6 nitrogen and oxygen atoms in total. The Hall–Kier alpha value is -4.17. The number of sulfonamides is 1. The molecule has 0 aromatic heterocycles. The fourth-order valence-corrected chi connectivity index (χ4v) is 4.58. The van der Waals surface area contributed by atoms with Gasteiger partial charge in [0, 0.05) is 18.8 Å². The number of rotatable bonds is 10. The molecule has 36 heavy (non-hydrogen) atoms. The number of halogens is 1. The van der Waals surface area contributed by atoms with Gasteiger partial charge in [0.05, 0.1) is 4.90 Å². The van der Waals surface area contributed by atoms with Gasteiger partial charge in [-0.2, -0.15) is 0 Å². The second-order valence-corrected chi connectivity index (χ2v) is 9.78. The Kier molecular flexibility index (Phi) is 7.97. The maximum absolute atomic E-state index is 13.1. The van der Waals surface area contributed by atoms with Gasteiger partial charge < -0.3 is 9.64 Å². The molecule has 0 aliphatic heterocycles. The Bertz CT molecular complexity index is 1340. The van der Waals surface area contributed by atoms with Gasteiger partial charge in [-0.05, 0) is 59.7 Å². The second-order valence-electron chi connectivity index (χ2n) is 8.09. The molecule has 0 radical (unpaired) electrons. The fourth-order valence-electron chi connectivity index (χ4n) is 3.52. The minimum Gasteiger partial charge on any atom is -0.484 e. The Morgan fingerprint density at radius 3 is 1.81 bits per heavy atom. The van der Waals surface area contributed by atoms with Crippen molar-refractivity contribution in [2.24, 2.45) is 0 Å². The molecule has 8 heteroatoms. The summed E-state index contributed by atoms with van der Waals surface area (Å²) >= 11 is 0. The molecule has 0 saturated carbocycles. The molecule has 1 amide bonds. The summed E-state index contributed by atoms with van der Waals surface area (Å²) in [4.78, 5) is 14.8. The number of carbonyl (C=O) groups is 1. The van der Waals surface area contributed by atoms with Gasteiger partial charge in [0.25, 0.3) is 15.9 Å². The van der Waals surface area contributed by atoms with Crippen molar-refractivity contribution < 1.29 is 22.3 Å². The molecule has 4 rings (SSSR count). The predicted octanol–water partition coefficient (Wildman–Crippen LogP) is 5.23. The fraction of sp³-hybridized carbons (Fsp3) is 0.107. The van der Waals surface area contributed by atoms with Crippen molar-refractivity contribution in [1.82, 2.24) is 4.90 Å². The first-order valence-electron chi connectivity index (χ1n) is 11.3. The lowest BCUT2D eigenvalue weighted by Crippen LogP contribution is -2.34. The van der Waals surface area contributed by atoms with Crippen molar-refractivity contribution >= 4 is 21.6 Å². The normalized spacial score (nSPS) is 11.0. The van der Waals surface area contributed by atoms with E-state index in [1.54, 1.807) is 4.90 Å². The summed E-state index contributed by atoms with van der Waals surface area (Å²) in [7, 11) is -3.86. The summed E-state index contributed by atoms with van der Waals surface area (Å²) in [6.07, 6.45) is 0. The zero-order valence-corrected chi connectivity index (χ0v) is 20.2. The molecule has 0 aliphatic carbocycles. The van der Waals surface area contributed by atoms with Crippen LogP contribution in [-0.2, 0) is 27.9 Å². The van der Waals surface area contributed by atoms with Gasteiger partial charge in [-0.25, -0.2) is 12.8 Å². The quantitative estimate of drug-likeness (QED) is 0.321. The molecule has 4 aromatic rings. The highest BCUT2D eigenvalue weighted by molar-refractivity contribution is 7.92. The Morgan fingerprint density at radius 2 is 1.28 bits per heavy atom. The van der Waals surface area contributed by atoms with Crippen molar-refractivity contribution in [2.75, 3.05) is 11.3 Å². The van der Waals surface area contributed by atoms with E-state index in [1.165, 1.54) is 48.5 Å². The molecule has 0 atom stereocenters. The predicted molar refractivity (Wildman–Crippen MR) is 136 cm³/mol. The van der Waals surface area contributed by atoms with E-state index in [-0.39, 0.29) is 23.1 Å². The number of hydrogen-bond acceptors (Lipinski definition) is 4. The number of carbonyl (C=O) groups excluding carboxylic acids is 1. The van der Waals surface area contributed by atoms with Crippen LogP contribution in [0.1, 0.15) is 11.1 Å². The molecule has 0 aliphatic rings. The van der Waals surface area contributed by atoms with Gasteiger partial charge in [0.1, 0.15) is 11.6 Å². The number of amides is 1. The zero-order valence-electron chi connectivity index (χ0n) is 19.4. The maximum atomic E-state index is 13.1. The van der Waals surface area contributed by atoms with Gasteiger partial charge >= 0.3 is 0 Å². The maximum Gasteiger partial charge on any atom is 0.261 e. The van der Waals surface area contributed by atoms with Crippen LogP contribution in [0.25, 0.3) is 0 Å². The zero-order chi connectivity index (χ0) is 25.4. The van der Waals surface area contributed by atoms with Crippen molar-refractivity contribution in [1.29, 1.82) is 0 Å². The first kappa shape index (κ1) is 24.9. The SMILES string of the molecule is O=C(COc1ccc(S(=O)(=O)Nc2ccc(F)cc2)cc1)N(Cc1ccccc1)Cc1ccccc1. The van der Waals surface area contributed by atoms with Gasteiger partial charge in [-0.15, -0.1) is 0 Å². The van der Waals surface area contributed by atoms with Crippen molar-refractivity contribution in [3.05, 3.63) is 126 Å². The third-order valence-corrected chi connectivity index (χ3v) is 6.78. The molecule has 0 unspecified atom stereocenters. The number of ether oxygens (including phenoxy) is 1. The van der Waals surface area contributed by atoms with Gasteiger partial charge in [-0.3, -0.25) is 9.52 Å². The third-order valence-electron chi connectivity index (χ3n) is 5.38. The summed E-state index contributed by atoms with van der Waals surface area (Å²) in [5.74, 6) is -0.291. The summed E-state index contributed by atoms with van der Waals surface area (Å²) in [6, 6.07) is 30.2.